The van der Waals surface area contributed by atoms with E-state index in [0.29, 0.717) is 0 Å². The third-order valence-corrected chi connectivity index (χ3v) is 4.46. The smallest absolute Gasteiger partial charge is 0.342 e. The average Bonchev–Trinajstić information content (AvgIpc) is 1.92. The predicted octanol–water partition coefficient (Wildman–Crippen LogP) is 3.41. The highest BCUT2D eigenvalue weighted by Gasteiger charge is 2.33. The maximum Gasteiger partial charge on any atom is 0.342 e. The zero-order valence-corrected chi connectivity index (χ0v) is 14.2. The molecule has 0 aliphatic rings. The molecule has 0 aromatic rings. The Kier molecular flexibility index (Phi) is 6.78. The van der Waals surface area contributed by atoms with Crippen LogP contribution < -0.4 is 0 Å². The van der Waals surface area contributed by atoms with Crippen LogP contribution in [0.25, 0.3) is 0 Å². The van der Waals surface area contributed by atoms with Crippen molar-refractivity contribution in [1.29, 1.82) is 0 Å². The quantitative estimate of drug-likeness (QED) is 0.532. The zero-order chi connectivity index (χ0) is 14.6. The second-order valence-corrected chi connectivity index (χ2v) is 12.1. The molecular formula is C11H25O5PSi. The molecule has 7 heteroatoms. The van der Waals surface area contributed by atoms with Gasteiger partial charge in [-0.15, -0.1) is 0 Å². The SMILES string of the molecule is CC(C)OP(=O)(CC(=O)O[Si](C)(C)C)OC(C)C. The minimum atomic E-state index is -3.43. The second-order valence-electron chi connectivity index (χ2n) is 5.66. The van der Waals surface area contributed by atoms with Gasteiger partial charge in [0, 0.05) is 0 Å². The lowest BCUT2D eigenvalue weighted by Gasteiger charge is -2.24. The largest absolute Gasteiger partial charge is 0.519 e. The summed E-state index contributed by atoms with van der Waals surface area (Å²) in [7, 11) is -5.41. The average molecular weight is 296 g/mol. The molecule has 0 rings (SSSR count). The van der Waals surface area contributed by atoms with Crippen LogP contribution in [-0.4, -0.2) is 32.7 Å². The molecule has 0 aromatic carbocycles. The Morgan fingerprint density at radius 3 is 1.72 bits per heavy atom. The van der Waals surface area contributed by atoms with E-state index in [1.807, 2.05) is 19.6 Å². The highest BCUT2D eigenvalue weighted by Crippen LogP contribution is 2.50. The van der Waals surface area contributed by atoms with E-state index in [-0.39, 0.29) is 18.4 Å². The van der Waals surface area contributed by atoms with E-state index in [9.17, 15) is 9.36 Å². The summed E-state index contributed by atoms with van der Waals surface area (Å²) in [5.74, 6) is -0.515. The molecule has 5 nitrogen and oxygen atoms in total. The molecule has 0 atom stereocenters. The van der Waals surface area contributed by atoms with Gasteiger partial charge in [-0.3, -0.25) is 9.36 Å². The van der Waals surface area contributed by atoms with Crippen LogP contribution in [0.3, 0.4) is 0 Å². The monoisotopic (exact) mass is 296 g/mol. The summed E-state index contributed by atoms with van der Waals surface area (Å²) < 4.78 is 28.2. The fourth-order valence-corrected chi connectivity index (χ4v) is 4.01. The fraction of sp³-hybridized carbons (Fsp3) is 0.909. The van der Waals surface area contributed by atoms with Gasteiger partial charge in [0.25, 0.3) is 0 Å². The van der Waals surface area contributed by atoms with Crippen molar-refractivity contribution in [3.05, 3.63) is 0 Å². The molecule has 0 fully saturated rings. The molecule has 0 unspecified atom stereocenters. The molecule has 0 bridgehead atoms. The molecule has 0 aliphatic carbocycles. The van der Waals surface area contributed by atoms with Gasteiger partial charge >= 0.3 is 13.6 Å². The van der Waals surface area contributed by atoms with E-state index in [2.05, 4.69) is 0 Å². The van der Waals surface area contributed by atoms with Crippen LogP contribution in [-0.2, 0) is 22.8 Å². The molecule has 0 aliphatic heterocycles. The Hall–Kier alpha value is -0.163. The molecule has 0 radical (unpaired) electrons. The third-order valence-electron chi connectivity index (χ3n) is 1.49. The Bertz CT molecular complexity index is 308. The van der Waals surface area contributed by atoms with Gasteiger partial charge in [0.05, 0.1) is 12.2 Å². The molecule has 0 saturated heterocycles. The van der Waals surface area contributed by atoms with E-state index >= 15 is 0 Å². The topological polar surface area (TPSA) is 61.8 Å². The minimum Gasteiger partial charge on any atom is -0.519 e. The van der Waals surface area contributed by atoms with Crippen LogP contribution in [0.4, 0.5) is 0 Å². The van der Waals surface area contributed by atoms with E-state index in [0.717, 1.165) is 0 Å². The van der Waals surface area contributed by atoms with Gasteiger partial charge in [-0.25, -0.2) is 0 Å². The van der Waals surface area contributed by atoms with Crippen molar-refractivity contribution in [2.45, 2.75) is 59.5 Å². The Morgan fingerprint density at radius 2 is 1.44 bits per heavy atom. The fourth-order valence-electron chi connectivity index (χ4n) is 1.27. The molecule has 0 heterocycles. The van der Waals surface area contributed by atoms with Gasteiger partial charge in [-0.1, -0.05) is 0 Å². The van der Waals surface area contributed by atoms with Crippen molar-refractivity contribution in [1.82, 2.24) is 0 Å². The van der Waals surface area contributed by atoms with Gasteiger partial charge in [0.1, 0.15) is 6.16 Å². The van der Waals surface area contributed by atoms with Gasteiger partial charge < -0.3 is 13.5 Å². The summed E-state index contributed by atoms with van der Waals surface area (Å²) in [5, 5.41) is 0. The summed E-state index contributed by atoms with van der Waals surface area (Å²) in [6.07, 6.45) is -0.864. The van der Waals surface area contributed by atoms with Crippen molar-refractivity contribution < 1.29 is 22.8 Å². The van der Waals surface area contributed by atoms with Crippen molar-refractivity contribution in [3.63, 3.8) is 0 Å². The molecule has 0 amide bonds. The van der Waals surface area contributed by atoms with Gasteiger partial charge in [-0.05, 0) is 47.3 Å². The van der Waals surface area contributed by atoms with Gasteiger partial charge in [0.15, 0.2) is 0 Å². The van der Waals surface area contributed by atoms with Crippen molar-refractivity contribution in [2.75, 3.05) is 6.16 Å². The van der Waals surface area contributed by atoms with Gasteiger partial charge in [0.2, 0.25) is 8.32 Å². The zero-order valence-electron chi connectivity index (χ0n) is 12.4. The standard InChI is InChI=1S/C11H25O5PSi/c1-9(2)14-17(13,15-10(3)4)8-11(12)16-18(5,6)7/h9-10H,8H2,1-7H3. The Labute approximate surface area is 111 Å². The van der Waals surface area contributed by atoms with Crippen LogP contribution in [0.15, 0.2) is 0 Å². The van der Waals surface area contributed by atoms with E-state index in [1.165, 1.54) is 0 Å². The summed E-state index contributed by atoms with van der Waals surface area (Å²) in [4.78, 5) is 11.7. The minimum absolute atomic E-state index is 0.269. The highest BCUT2D eigenvalue weighted by atomic mass is 31.2. The first-order valence-corrected chi connectivity index (χ1v) is 11.2. The number of hydrogen-bond donors (Lipinski definition) is 0. The van der Waals surface area contributed by atoms with Crippen LogP contribution in [0.1, 0.15) is 27.7 Å². The first-order valence-electron chi connectivity index (χ1n) is 6.11. The van der Waals surface area contributed by atoms with Crippen molar-refractivity contribution in [3.8, 4) is 0 Å². The molecule has 108 valence electrons. The lowest BCUT2D eigenvalue weighted by atomic mass is 10.5. The lowest BCUT2D eigenvalue weighted by molar-refractivity contribution is -0.132. The molecule has 0 saturated carbocycles. The van der Waals surface area contributed by atoms with Crippen LogP contribution >= 0.6 is 7.60 Å². The van der Waals surface area contributed by atoms with Gasteiger partial charge in [-0.2, -0.15) is 0 Å². The normalized spacial score (nSPS) is 13.2. The summed E-state index contributed by atoms with van der Waals surface area (Å²) in [6.45, 7) is 12.7. The maximum atomic E-state index is 12.4. The Morgan fingerprint density at radius 1 is 1.06 bits per heavy atom. The molecule has 0 N–H and O–H groups in total. The van der Waals surface area contributed by atoms with Crippen LogP contribution in [0.5, 0.6) is 0 Å². The number of carbonyl (C=O) groups is 1. The first kappa shape index (κ1) is 17.8. The first-order chi connectivity index (χ1) is 7.93. The van der Waals surface area contributed by atoms with E-state index in [4.69, 9.17) is 13.5 Å². The number of rotatable bonds is 7. The predicted molar refractivity (Wildman–Crippen MR) is 74.4 cm³/mol. The van der Waals surface area contributed by atoms with Crippen LogP contribution in [0, 0.1) is 0 Å². The molecule has 0 spiro atoms. The second kappa shape index (κ2) is 6.85. The molecule has 18 heavy (non-hydrogen) atoms. The van der Waals surface area contributed by atoms with E-state index in [1.54, 1.807) is 27.7 Å². The lowest BCUT2D eigenvalue weighted by Crippen LogP contribution is -2.31. The highest BCUT2D eigenvalue weighted by molar-refractivity contribution is 7.54. The summed E-state index contributed by atoms with van der Waals surface area (Å²) in [6, 6.07) is 0. The third kappa shape index (κ3) is 8.86. The summed E-state index contributed by atoms with van der Waals surface area (Å²) >= 11 is 0. The van der Waals surface area contributed by atoms with Crippen molar-refractivity contribution >= 4 is 21.9 Å². The van der Waals surface area contributed by atoms with Crippen molar-refractivity contribution in [2.24, 2.45) is 0 Å². The molecule has 0 aromatic heterocycles. The summed E-state index contributed by atoms with van der Waals surface area (Å²) in [5.41, 5.74) is 0. The number of hydrogen-bond acceptors (Lipinski definition) is 5. The number of carbonyl (C=O) groups excluding carboxylic acids is 1. The van der Waals surface area contributed by atoms with Crippen LogP contribution in [0.2, 0.25) is 19.6 Å². The Balaban J connectivity index is 4.69. The maximum absolute atomic E-state index is 12.4. The van der Waals surface area contributed by atoms with E-state index < -0.39 is 21.9 Å². The molecular weight excluding hydrogens is 271 g/mol.